The highest BCUT2D eigenvalue weighted by Gasteiger charge is 2.52. The lowest BCUT2D eigenvalue weighted by Gasteiger charge is -2.53. The number of hydrogen-bond acceptors (Lipinski definition) is 4. The summed E-state index contributed by atoms with van der Waals surface area (Å²) in [5.41, 5.74) is 0.832. The molecule has 3 atom stereocenters. The summed E-state index contributed by atoms with van der Waals surface area (Å²) in [7, 11) is -3.69. The topological polar surface area (TPSA) is 44.8 Å². The summed E-state index contributed by atoms with van der Waals surface area (Å²) in [6, 6.07) is 0. The molecular weight excluding hydrogens is 505 g/mol. The second-order valence-corrected chi connectivity index (χ2v) is 25.6. The van der Waals surface area contributed by atoms with Gasteiger partial charge in [-0.2, -0.15) is 0 Å². The molecule has 1 spiro atoms. The molecule has 1 fully saturated rings. The van der Waals surface area contributed by atoms with Crippen LogP contribution in [-0.2, 0) is 18.4 Å². The van der Waals surface area contributed by atoms with Crippen LogP contribution < -0.4 is 0 Å². The Morgan fingerprint density at radius 1 is 1.05 bits per heavy atom. The highest BCUT2D eigenvalue weighted by Crippen LogP contribution is 2.55. The van der Waals surface area contributed by atoms with Crippen LogP contribution in [0.3, 0.4) is 0 Å². The van der Waals surface area contributed by atoms with Crippen LogP contribution in [-0.4, -0.2) is 42.4 Å². The fourth-order valence-corrected chi connectivity index (χ4v) is 7.75. The van der Waals surface area contributed by atoms with Crippen molar-refractivity contribution in [1.82, 2.24) is 0 Å². The van der Waals surface area contributed by atoms with Gasteiger partial charge < -0.3 is 13.6 Å². The van der Waals surface area contributed by atoms with Gasteiger partial charge in [0, 0.05) is 24.2 Å². The first-order valence-electron chi connectivity index (χ1n) is 15.0. The first kappa shape index (κ1) is 33.5. The van der Waals surface area contributed by atoms with Crippen molar-refractivity contribution in [1.29, 1.82) is 0 Å². The van der Waals surface area contributed by atoms with Crippen molar-refractivity contribution in [3.8, 4) is 0 Å². The predicted octanol–water partition coefficient (Wildman–Crippen LogP) is 9.30. The zero-order valence-electron chi connectivity index (χ0n) is 27.0. The zero-order valence-corrected chi connectivity index (χ0v) is 29.0. The number of cyclic esters (lactones) is 1. The summed E-state index contributed by atoms with van der Waals surface area (Å²) in [6.07, 6.45) is 10.2. The molecule has 0 radical (unpaired) electrons. The highest BCUT2D eigenvalue weighted by atomic mass is 28.4. The van der Waals surface area contributed by atoms with Crippen molar-refractivity contribution in [3.05, 3.63) is 24.3 Å². The fourth-order valence-electron chi connectivity index (χ4n) is 5.67. The van der Waals surface area contributed by atoms with Crippen LogP contribution in [0.2, 0.25) is 36.3 Å². The molecule has 0 bridgehead atoms. The average Bonchev–Trinajstić information content (AvgIpc) is 2.74. The van der Waals surface area contributed by atoms with E-state index < -0.39 is 16.6 Å². The normalized spacial score (nSPS) is 25.6. The minimum atomic E-state index is -1.89. The van der Waals surface area contributed by atoms with Gasteiger partial charge in [-0.3, -0.25) is 0 Å². The molecule has 220 valence electrons. The molecule has 1 saturated carbocycles. The van der Waals surface area contributed by atoms with Gasteiger partial charge in [0.05, 0.1) is 0 Å². The largest absolute Gasteiger partial charge is 0.461 e. The molecule has 0 N–H and O–H groups in total. The molecule has 4 nitrogen and oxygen atoms in total. The Bertz CT molecular complexity index is 860. The molecule has 0 aromatic carbocycles. The Hall–Kier alpha value is -0.696. The molecule has 38 heavy (non-hydrogen) atoms. The monoisotopic (exact) mass is 564 g/mol. The van der Waals surface area contributed by atoms with Crippen LogP contribution in [0.1, 0.15) is 93.9 Å². The number of rotatable bonds is 11. The zero-order chi connectivity index (χ0) is 29.2. The van der Waals surface area contributed by atoms with Crippen molar-refractivity contribution >= 4 is 22.6 Å². The second-order valence-electron chi connectivity index (χ2n) is 15.9. The summed E-state index contributed by atoms with van der Waals surface area (Å²) >= 11 is 0. The quantitative estimate of drug-likeness (QED) is 0.142. The summed E-state index contributed by atoms with van der Waals surface area (Å²) in [6.45, 7) is 33.7. The van der Waals surface area contributed by atoms with Crippen molar-refractivity contribution < 1.29 is 18.4 Å². The van der Waals surface area contributed by atoms with Crippen molar-refractivity contribution in [3.63, 3.8) is 0 Å². The third kappa shape index (κ3) is 7.95. The molecule has 1 aliphatic heterocycles. The maximum absolute atomic E-state index is 13.1. The minimum Gasteiger partial charge on any atom is -0.461 e. The third-order valence-electron chi connectivity index (χ3n) is 10.5. The maximum atomic E-state index is 13.1. The Morgan fingerprint density at radius 3 is 2.18 bits per heavy atom. The van der Waals surface area contributed by atoms with Gasteiger partial charge in [0.25, 0.3) is 0 Å². The molecule has 0 aromatic heterocycles. The molecule has 1 heterocycles. The molecule has 6 heteroatoms. The Kier molecular flexibility index (Phi) is 10.6. The van der Waals surface area contributed by atoms with Gasteiger partial charge in [-0.25, -0.2) is 4.79 Å². The number of carbonyl (C=O) groups excluding carboxylic acids is 1. The molecule has 0 unspecified atom stereocenters. The predicted molar refractivity (Wildman–Crippen MR) is 166 cm³/mol. The molecular formula is C32H60O4Si2. The standard InChI is InChI=1S/C32H60O4Si2/c1-14-16-25(17-20-35-37(10,11)29(2,3)4)21-26-22-32(24-34-28(26)33)19-15-18-31(8,9)27(32)23-36-38(12,13)30(5,6)7/h14,22,25,27H,1,15-21,23-24H2,2-13H3/t25-,27-,32+/m1/s1. The first-order chi connectivity index (χ1) is 17.2. The molecule has 1 aliphatic carbocycles. The number of hydrogen-bond donors (Lipinski definition) is 0. The third-order valence-corrected chi connectivity index (χ3v) is 19.6. The number of carbonyl (C=O) groups is 1. The van der Waals surface area contributed by atoms with Crippen molar-refractivity contribution in [2.24, 2.45) is 22.7 Å². The van der Waals surface area contributed by atoms with E-state index in [-0.39, 0.29) is 26.9 Å². The number of allylic oxidation sites excluding steroid dienone is 1. The van der Waals surface area contributed by atoms with Gasteiger partial charge in [0.2, 0.25) is 0 Å². The molecule has 0 amide bonds. The van der Waals surface area contributed by atoms with Crippen LogP contribution >= 0.6 is 0 Å². The van der Waals surface area contributed by atoms with E-state index in [0.717, 1.165) is 50.9 Å². The lowest BCUT2D eigenvalue weighted by atomic mass is 9.55. The SMILES string of the molecule is C=CC[C@H](CCO[Si](C)(C)C(C)(C)C)CC1=C[C@@]2(CCCC(C)(C)[C@H]2CO[Si](C)(C)C(C)(C)C)COC1=O. The van der Waals surface area contributed by atoms with Crippen LogP contribution in [0.4, 0.5) is 0 Å². The van der Waals surface area contributed by atoms with Crippen LogP contribution in [0, 0.1) is 22.7 Å². The first-order valence-corrected chi connectivity index (χ1v) is 20.8. The van der Waals surface area contributed by atoms with Crippen LogP contribution in [0.15, 0.2) is 24.3 Å². The summed E-state index contributed by atoms with van der Waals surface area (Å²) in [4.78, 5) is 13.1. The molecule has 2 aliphatic rings. The summed E-state index contributed by atoms with van der Waals surface area (Å²) < 4.78 is 19.3. The van der Waals surface area contributed by atoms with Crippen molar-refractivity contribution in [2.75, 3.05) is 19.8 Å². The van der Waals surface area contributed by atoms with E-state index in [0.29, 0.717) is 18.4 Å². The van der Waals surface area contributed by atoms with E-state index in [1.165, 1.54) is 6.42 Å². The van der Waals surface area contributed by atoms with E-state index in [2.05, 4.69) is 94.2 Å². The fraction of sp³-hybridized carbons (Fsp3) is 0.844. The average molecular weight is 565 g/mol. The van der Waals surface area contributed by atoms with Crippen LogP contribution in [0.25, 0.3) is 0 Å². The molecule has 0 aromatic rings. The lowest BCUT2D eigenvalue weighted by molar-refractivity contribution is -0.150. The van der Waals surface area contributed by atoms with E-state index in [9.17, 15) is 4.79 Å². The molecule has 0 saturated heterocycles. The van der Waals surface area contributed by atoms with Gasteiger partial charge in [-0.1, -0.05) is 74.0 Å². The van der Waals surface area contributed by atoms with E-state index in [4.69, 9.17) is 13.6 Å². The lowest BCUT2D eigenvalue weighted by Crippen LogP contribution is -2.52. The minimum absolute atomic E-state index is 0.128. The molecule has 2 rings (SSSR count). The Morgan fingerprint density at radius 2 is 1.63 bits per heavy atom. The smallest absolute Gasteiger partial charge is 0.333 e. The Labute approximate surface area is 237 Å². The van der Waals surface area contributed by atoms with Gasteiger partial charge in [-0.15, -0.1) is 6.58 Å². The van der Waals surface area contributed by atoms with Crippen molar-refractivity contribution in [2.45, 2.75) is 130 Å². The van der Waals surface area contributed by atoms with E-state index in [1.54, 1.807) is 0 Å². The Balaban J connectivity index is 2.28. The highest BCUT2D eigenvalue weighted by molar-refractivity contribution is 6.74. The summed E-state index contributed by atoms with van der Waals surface area (Å²) in [5, 5.41) is 0.363. The summed E-state index contributed by atoms with van der Waals surface area (Å²) in [5.74, 6) is 0.507. The van der Waals surface area contributed by atoms with Gasteiger partial charge >= 0.3 is 5.97 Å². The van der Waals surface area contributed by atoms with Gasteiger partial charge in [0.15, 0.2) is 16.6 Å². The van der Waals surface area contributed by atoms with Gasteiger partial charge in [0.1, 0.15) is 6.61 Å². The van der Waals surface area contributed by atoms with E-state index in [1.807, 2.05) is 6.08 Å². The number of esters is 1. The van der Waals surface area contributed by atoms with Crippen LogP contribution in [0.5, 0.6) is 0 Å². The second kappa shape index (κ2) is 12.0. The van der Waals surface area contributed by atoms with E-state index >= 15 is 0 Å². The van der Waals surface area contributed by atoms with Gasteiger partial charge in [-0.05, 0) is 85.6 Å². The number of ether oxygens (including phenoxy) is 1. The maximum Gasteiger partial charge on any atom is 0.333 e.